The van der Waals surface area contributed by atoms with Gasteiger partial charge in [0.15, 0.2) is 0 Å². The molecule has 21 heavy (non-hydrogen) atoms. The molecule has 0 saturated heterocycles. The lowest BCUT2D eigenvalue weighted by Crippen LogP contribution is -2.06. The first-order valence-electron chi connectivity index (χ1n) is 6.96. The Morgan fingerprint density at radius 3 is 2.52 bits per heavy atom. The Morgan fingerprint density at radius 2 is 1.86 bits per heavy atom. The van der Waals surface area contributed by atoms with Crippen molar-refractivity contribution in [3.8, 4) is 0 Å². The second-order valence-corrected chi connectivity index (χ2v) is 4.93. The number of carboxylic acids is 1. The molecule has 3 nitrogen and oxygen atoms in total. The monoisotopic (exact) mass is 281 g/mol. The van der Waals surface area contributed by atoms with E-state index < -0.39 is 5.97 Å². The molecule has 0 bridgehead atoms. The lowest BCUT2D eigenvalue weighted by molar-refractivity contribution is -0.136. The highest BCUT2D eigenvalue weighted by Crippen LogP contribution is 2.29. The summed E-state index contributed by atoms with van der Waals surface area (Å²) in [6, 6.07) is 8.05. The summed E-state index contributed by atoms with van der Waals surface area (Å²) in [6.45, 7) is 2.04. The van der Waals surface area contributed by atoms with Crippen LogP contribution in [0.25, 0.3) is 5.57 Å². The van der Waals surface area contributed by atoms with Crippen molar-refractivity contribution < 1.29 is 9.90 Å². The molecule has 0 amide bonds. The molecule has 1 aromatic rings. The standard InChI is InChI=1S/C18H19NO2/c1-13-7-3-4-8-14(13)15(11-12-18(20)21)16-9-5-6-10-17(16)19-2/h3-10H,11-12H2,1-2H3,(H,20,21)/b16-15-,19-17+. The Balaban J connectivity index is 2.56. The van der Waals surface area contributed by atoms with Gasteiger partial charge in [0, 0.05) is 19.0 Å². The number of hydrogen-bond acceptors (Lipinski definition) is 2. The Hall–Kier alpha value is -2.42. The van der Waals surface area contributed by atoms with Gasteiger partial charge < -0.3 is 5.11 Å². The minimum absolute atomic E-state index is 0.113. The molecule has 0 fully saturated rings. The lowest BCUT2D eigenvalue weighted by Gasteiger charge is -2.16. The fourth-order valence-electron chi connectivity index (χ4n) is 2.48. The molecular formula is C18H19NO2. The summed E-state index contributed by atoms with van der Waals surface area (Å²) in [7, 11) is 1.76. The number of carbonyl (C=O) groups is 1. The third kappa shape index (κ3) is 3.57. The van der Waals surface area contributed by atoms with Crippen LogP contribution in [0.3, 0.4) is 0 Å². The van der Waals surface area contributed by atoms with Gasteiger partial charge in [0.1, 0.15) is 0 Å². The molecule has 1 N–H and O–H groups in total. The van der Waals surface area contributed by atoms with Gasteiger partial charge in [0.25, 0.3) is 0 Å². The first-order chi connectivity index (χ1) is 10.1. The van der Waals surface area contributed by atoms with Crippen LogP contribution in [0.15, 0.2) is 59.1 Å². The Labute approximate surface area is 125 Å². The predicted octanol–water partition coefficient (Wildman–Crippen LogP) is 3.81. The summed E-state index contributed by atoms with van der Waals surface area (Å²) in [5.41, 5.74) is 5.17. The summed E-state index contributed by atoms with van der Waals surface area (Å²) in [5, 5.41) is 9.02. The number of rotatable bonds is 4. The van der Waals surface area contributed by atoms with Crippen molar-refractivity contribution in [2.45, 2.75) is 19.8 Å². The predicted molar refractivity (Wildman–Crippen MR) is 86.6 cm³/mol. The zero-order valence-corrected chi connectivity index (χ0v) is 12.3. The zero-order chi connectivity index (χ0) is 15.2. The maximum atomic E-state index is 11.0. The van der Waals surface area contributed by atoms with E-state index in [1.165, 1.54) is 0 Å². The topological polar surface area (TPSA) is 49.7 Å². The van der Waals surface area contributed by atoms with Crippen molar-refractivity contribution in [1.29, 1.82) is 0 Å². The molecule has 0 aromatic heterocycles. The maximum Gasteiger partial charge on any atom is 0.303 e. The average Bonchev–Trinajstić information content (AvgIpc) is 2.49. The Bertz CT molecular complexity index is 664. The van der Waals surface area contributed by atoms with E-state index in [1.807, 2.05) is 55.5 Å². The van der Waals surface area contributed by atoms with Crippen molar-refractivity contribution in [3.63, 3.8) is 0 Å². The van der Waals surface area contributed by atoms with E-state index >= 15 is 0 Å². The SMILES string of the molecule is C/N=C1\C=CC=C\C1=C(/CCC(=O)O)c1ccccc1C. The van der Waals surface area contributed by atoms with Gasteiger partial charge in [-0.1, -0.05) is 42.5 Å². The van der Waals surface area contributed by atoms with E-state index in [0.29, 0.717) is 6.42 Å². The molecule has 2 rings (SSSR count). The van der Waals surface area contributed by atoms with Gasteiger partial charge in [0.2, 0.25) is 0 Å². The first kappa shape index (κ1) is 15.0. The van der Waals surface area contributed by atoms with E-state index in [4.69, 9.17) is 5.11 Å². The highest BCUT2D eigenvalue weighted by atomic mass is 16.4. The fourth-order valence-corrected chi connectivity index (χ4v) is 2.48. The van der Waals surface area contributed by atoms with Gasteiger partial charge in [-0.25, -0.2) is 0 Å². The summed E-state index contributed by atoms with van der Waals surface area (Å²) in [5.74, 6) is -0.785. The largest absolute Gasteiger partial charge is 0.481 e. The lowest BCUT2D eigenvalue weighted by atomic mass is 9.89. The molecule has 0 unspecified atom stereocenters. The maximum absolute atomic E-state index is 11.0. The Kier molecular flexibility index (Phi) is 4.88. The van der Waals surface area contributed by atoms with E-state index in [-0.39, 0.29) is 6.42 Å². The first-order valence-corrected chi connectivity index (χ1v) is 6.96. The second-order valence-electron chi connectivity index (χ2n) is 4.93. The highest BCUT2D eigenvalue weighted by molar-refractivity contribution is 6.16. The number of aryl methyl sites for hydroxylation is 1. The van der Waals surface area contributed by atoms with Gasteiger partial charge in [0.05, 0.1) is 5.71 Å². The molecule has 0 aliphatic heterocycles. The zero-order valence-electron chi connectivity index (χ0n) is 12.3. The van der Waals surface area contributed by atoms with Crippen LogP contribution in [0, 0.1) is 6.92 Å². The number of aliphatic carboxylic acids is 1. The van der Waals surface area contributed by atoms with Gasteiger partial charge in [-0.05, 0) is 36.1 Å². The van der Waals surface area contributed by atoms with Crippen molar-refractivity contribution in [1.82, 2.24) is 0 Å². The van der Waals surface area contributed by atoms with Crippen LogP contribution in [-0.2, 0) is 4.79 Å². The number of carboxylic acid groups (broad SMARTS) is 1. The smallest absolute Gasteiger partial charge is 0.303 e. The summed E-state index contributed by atoms with van der Waals surface area (Å²) in [4.78, 5) is 15.3. The minimum atomic E-state index is -0.785. The van der Waals surface area contributed by atoms with Gasteiger partial charge in [-0.3, -0.25) is 9.79 Å². The number of aliphatic imine (C=N–C) groups is 1. The van der Waals surface area contributed by atoms with Crippen LogP contribution in [-0.4, -0.2) is 23.8 Å². The molecule has 1 aliphatic rings. The highest BCUT2D eigenvalue weighted by Gasteiger charge is 2.15. The van der Waals surface area contributed by atoms with Crippen LogP contribution in [0.4, 0.5) is 0 Å². The minimum Gasteiger partial charge on any atom is -0.481 e. The third-order valence-electron chi connectivity index (χ3n) is 3.53. The van der Waals surface area contributed by atoms with Gasteiger partial charge in [-0.15, -0.1) is 0 Å². The van der Waals surface area contributed by atoms with Crippen molar-refractivity contribution >= 4 is 17.3 Å². The van der Waals surface area contributed by atoms with Crippen LogP contribution >= 0.6 is 0 Å². The molecule has 0 spiro atoms. The van der Waals surface area contributed by atoms with Gasteiger partial charge in [-0.2, -0.15) is 0 Å². The van der Waals surface area contributed by atoms with Crippen molar-refractivity contribution in [2.75, 3.05) is 7.05 Å². The second kappa shape index (κ2) is 6.84. The summed E-state index contributed by atoms with van der Waals surface area (Å²) >= 11 is 0. The quantitative estimate of drug-likeness (QED) is 0.912. The van der Waals surface area contributed by atoms with Crippen molar-refractivity contribution in [2.24, 2.45) is 4.99 Å². The number of allylic oxidation sites excluding steroid dienone is 6. The average molecular weight is 281 g/mol. The van der Waals surface area contributed by atoms with Crippen molar-refractivity contribution in [3.05, 3.63) is 65.3 Å². The van der Waals surface area contributed by atoms with Crippen LogP contribution < -0.4 is 0 Å². The molecule has 1 aliphatic carbocycles. The molecular weight excluding hydrogens is 262 g/mol. The van der Waals surface area contributed by atoms with E-state index in [9.17, 15) is 4.79 Å². The van der Waals surface area contributed by atoms with E-state index in [0.717, 1.165) is 28.0 Å². The number of hydrogen-bond donors (Lipinski definition) is 1. The molecule has 0 heterocycles. The molecule has 1 aromatic carbocycles. The number of nitrogens with zero attached hydrogens (tertiary/aromatic N) is 1. The summed E-state index contributed by atoms with van der Waals surface area (Å²) < 4.78 is 0. The number of benzene rings is 1. The van der Waals surface area contributed by atoms with Crippen LogP contribution in [0.5, 0.6) is 0 Å². The molecule has 3 heteroatoms. The Morgan fingerprint density at radius 1 is 1.14 bits per heavy atom. The normalized spacial score (nSPS) is 18.1. The molecule has 0 radical (unpaired) electrons. The summed E-state index contributed by atoms with van der Waals surface area (Å²) in [6.07, 6.45) is 8.47. The molecule has 0 atom stereocenters. The third-order valence-corrected chi connectivity index (χ3v) is 3.53. The van der Waals surface area contributed by atoms with E-state index in [2.05, 4.69) is 4.99 Å². The fraction of sp³-hybridized carbons (Fsp3) is 0.222. The van der Waals surface area contributed by atoms with Crippen LogP contribution in [0.1, 0.15) is 24.0 Å². The molecule has 108 valence electrons. The molecule has 0 saturated carbocycles. The van der Waals surface area contributed by atoms with Gasteiger partial charge >= 0.3 is 5.97 Å². The van der Waals surface area contributed by atoms with Crippen LogP contribution in [0.2, 0.25) is 0 Å². The van der Waals surface area contributed by atoms with E-state index in [1.54, 1.807) is 7.05 Å².